The lowest BCUT2D eigenvalue weighted by atomic mass is 9.79. The van der Waals surface area contributed by atoms with Crippen molar-refractivity contribution in [3.05, 3.63) is 65.2 Å². The van der Waals surface area contributed by atoms with Crippen molar-refractivity contribution in [2.45, 2.75) is 62.0 Å². The number of nitrogens with one attached hydrogen (secondary N) is 1. The first kappa shape index (κ1) is 24.5. The highest BCUT2D eigenvalue weighted by molar-refractivity contribution is 7.90. The van der Waals surface area contributed by atoms with Crippen molar-refractivity contribution in [2.75, 3.05) is 12.8 Å². The van der Waals surface area contributed by atoms with Crippen LogP contribution in [0.1, 0.15) is 49.3 Å². The number of fused-ring (bicyclic) bond motifs is 2. The first-order valence-electron chi connectivity index (χ1n) is 12.4. The van der Waals surface area contributed by atoms with Gasteiger partial charge >= 0.3 is 6.03 Å². The molecule has 1 heterocycles. The van der Waals surface area contributed by atoms with Gasteiger partial charge in [-0.25, -0.2) is 13.2 Å². The van der Waals surface area contributed by atoms with Crippen LogP contribution in [0.15, 0.2) is 53.4 Å². The van der Waals surface area contributed by atoms with E-state index in [1.165, 1.54) is 0 Å². The summed E-state index contributed by atoms with van der Waals surface area (Å²) >= 11 is 0. The fraction of sp³-hybridized carbons (Fsp3) is 0.444. The van der Waals surface area contributed by atoms with Gasteiger partial charge in [0, 0.05) is 18.8 Å². The molecule has 2 aliphatic carbocycles. The molecule has 1 spiro atoms. The monoisotopic (exact) mass is 509 g/mol. The molecule has 2 fully saturated rings. The Morgan fingerprint density at radius 1 is 1.14 bits per heavy atom. The Balaban J connectivity index is 1.37. The molecular formula is C27H31N3O5S. The number of nitrogens with zero attached hydrogens (tertiary/aromatic N) is 2. The van der Waals surface area contributed by atoms with E-state index in [9.17, 15) is 22.8 Å². The van der Waals surface area contributed by atoms with E-state index in [0.717, 1.165) is 47.1 Å². The number of sulfone groups is 1. The molecular weight excluding hydrogens is 478 g/mol. The molecule has 2 aromatic rings. The molecule has 2 atom stereocenters. The molecule has 1 saturated heterocycles. The maximum atomic E-state index is 13.6. The second-order valence-corrected chi connectivity index (χ2v) is 12.3. The Morgan fingerprint density at radius 3 is 2.47 bits per heavy atom. The Kier molecular flexibility index (Phi) is 6.14. The quantitative estimate of drug-likeness (QED) is 0.578. The summed E-state index contributed by atoms with van der Waals surface area (Å²) in [6.45, 7) is 1.96. The van der Waals surface area contributed by atoms with E-state index in [4.69, 9.17) is 0 Å². The average molecular weight is 510 g/mol. The zero-order chi connectivity index (χ0) is 25.7. The standard InChI is InChI=1S/C27H31N3O5S/c1-18(20-7-5-8-20)29(16-19-10-12-22(13-11-19)36(2,34)35)24(31)17-30-25(32)27(28-26(30)33)15-14-21-6-3-4-9-23(21)27/h3-4,6,9-13,18,20H,5,7-8,14-17H2,1-2H3,(H,28,33)/t18?,27-/m0/s1. The van der Waals surface area contributed by atoms with Gasteiger partial charge in [-0.15, -0.1) is 0 Å². The van der Waals surface area contributed by atoms with Gasteiger partial charge in [0.05, 0.1) is 4.90 Å². The Bertz CT molecular complexity index is 1320. The van der Waals surface area contributed by atoms with Gasteiger partial charge in [-0.1, -0.05) is 42.8 Å². The zero-order valence-electron chi connectivity index (χ0n) is 20.6. The molecule has 8 nitrogen and oxygen atoms in total. The molecule has 1 aliphatic heterocycles. The highest BCUT2D eigenvalue weighted by atomic mass is 32.2. The molecule has 0 radical (unpaired) electrons. The largest absolute Gasteiger partial charge is 0.334 e. The van der Waals surface area contributed by atoms with Crippen LogP contribution in [-0.4, -0.2) is 54.9 Å². The predicted octanol–water partition coefficient (Wildman–Crippen LogP) is 3.00. The Morgan fingerprint density at radius 2 is 1.83 bits per heavy atom. The Hall–Kier alpha value is -3.20. The molecule has 3 aliphatic rings. The Labute approximate surface area is 211 Å². The van der Waals surface area contributed by atoms with E-state index in [1.807, 2.05) is 31.2 Å². The number of hydrogen-bond donors (Lipinski definition) is 1. The number of amides is 4. The van der Waals surface area contributed by atoms with Gasteiger partial charge in [-0.3, -0.25) is 14.5 Å². The third kappa shape index (κ3) is 4.19. The number of aryl methyl sites for hydroxylation is 1. The lowest BCUT2D eigenvalue weighted by molar-refractivity contribution is -0.142. The van der Waals surface area contributed by atoms with E-state index in [0.29, 0.717) is 18.8 Å². The molecule has 9 heteroatoms. The molecule has 1 saturated carbocycles. The highest BCUT2D eigenvalue weighted by Gasteiger charge is 2.55. The third-order valence-corrected chi connectivity index (χ3v) is 9.19. The minimum Gasteiger partial charge on any atom is -0.334 e. The molecule has 0 bridgehead atoms. The number of hydrogen-bond acceptors (Lipinski definition) is 5. The third-order valence-electron chi connectivity index (χ3n) is 8.06. The van der Waals surface area contributed by atoms with Crippen LogP contribution in [0.25, 0.3) is 0 Å². The zero-order valence-corrected chi connectivity index (χ0v) is 21.4. The van der Waals surface area contributed by atoms with Crippen LogP contribution in [0.2, 0.25) is 0 Å². The summed E-state index contributed by atoms with van der Waals surface area (Å²) in [6.07, 6.45) is 5.51. The van der Waals surface area contributed by atoms with E-state index in [-0.39, 0.29) is 35.8 Å². The number of benzene rings is 2. The lowest BCUT2D eigenvalue weighted by Gasteiger charge is -2.39. The first-order chi connectivity index (χ1) is 17.1. The fourth-order valence-corrected chi connectivity index (χ4v) is 6.26. The number of rotatable bonds is 7. The molecule has 36 heavy (non-hydrogen) atoms. The van der Waals surface area contributed by atoms with Crippen LogP contribution in [0, 0.1) is 5.92 Å². The van der Waals surface area contributed by atoms with Crippen LogP contribution in [-0.2, 0) is 37.9 Å². The first-order valence-corrected chi connectivity index (χ1v) is 14.3. The minimum atomic E-state index is -3.32. The maximum absolute atomic E-state index is 13.6. The summed E-state index contributed by atoms with van der Waals surface area (Å²) in [7, 11) is -3.32. The number of urea groups is 1. The van der Waals surface area contributed by atoms with Gasteiger partial charge in [-0.2, -0.15) is 0 Å². The van der Waals surface area contributed by atoms with Crippen molar-refractivity contribution in [1.29, 1.82) is 0 Å². The van der Waals surface area contributed by atoms with E-state index >= 15 is 0 Å². The number of imide groups is 1. The van der Waals surface area contributed by atoms with E-state index in [2.05, 4.69) is 5.32 Å². The molecule has 0 aromatic heterocycles. The van der Waals surface area contributed by atoms with Crippen LogP contribution >= 0.6 is 0 Å². The van der Waals surface area contributed by atoms with E-state index < -0.39 is 21.4 Å². The highest BCUT2D eigenvalue weighted by Crippen LogP contribution is 2.41. The SMILES string of the molecule is CC(C1CCC1)N(Cc1ccc(S(C)(=O)=O)cc1)C(=O)CN1C(=O)N[C@]2(CCc3ccccc32)C1=O. The molecule has 1 N–H and O–H groups in total. The van der Waals surface area contributed by atoms with Crippen molar-refractivity contribution >= 4 is 27.7 Å². The summed E-state index contributed by atoms with van der Waals surface area (Å²) in [4.78, 5) is 43.1. The van der Waals surface area contributed by atoms with Gasteiger partial charge in [-0.05, 0) is 67.3 Å². The summed E-state index contributed by atoms with van der Waals surface area (Å²) in [5.41, 5.74) is 1.54. The van der Waals surface area contributed by atoms with Gasteiger partial charge < -0.3 is 10.2 Å². The van der Waals surface area contributed by atoms with Crippen LogP contribution in [0.4, 0.5) is 4.79 Å². The summed E-state index contributed by atoms with van der Waals surface area (Å²) in [6, 6.07) is 13.5. The van der Waals surface area contributed by atoms with Crippen LogP contribution in [0.3, 0.4) is 0 Å². The van der Waals surface area contributed by atoms with Crippen molar-refractivity contribution in [3.8, 4) is 0 Å². The van der Waals surface area contributed by atoms with Crippen molar-refractivity contribution in [2.24, 2.45) is 5.92 Å². The normalized spacial score (nSPS) is 22.3. The van der Waals surface area contributed by atoms with E-state index in [1.54, 1.807) is 29.2 Å². The second-order valence-electron chi connectivity index (χ2n) is 10.3. The van der Waals surface area contributed by atoms with Crippen molar-refractivity contribution in [3.63, 3.8) is 0 Å². The van der Waals surface area contributed by atoms with Gasteiger partial charge in [0.1, 0.15) is 12.1 Å². The summed E-state index contributed by atoms with van der Waals surface area (Å²) < 4.78 is 23.6. The number of carbonyl (C=O) groups excluding carboxylic acids is 3. The summed E-state index contributed by atoms with van der Waals surface area (Å²) in [5.74, 6) is -0.312. The molecule has 190 valence electrons. The smallest absolute Gasteiger partial charge is 0.325 e. The van der Waals surface area contributed by atoms with Gasteiger partial charge in [0.25, 0.3) is 5.91 Å². The minimum absolute atomic E-state index is 0.0669. The molecule has 5 rings (SSSR count). The van der Waals surface area contributed by atoms with Gasteiger partial charge in [0.2, 0.25) is 5.91 Å². The van der Waals surface area contributed by atoms with Crippen LogP contribution < -0.4 is 5.32 Å². The number of carbonyl (C=O) groups is 3. The predicted molar refractivity (Wildman–Crippen MR) is 134 cm³/mol. The van der Waals surface area contributed by atoms with Crippen LogP contribution in [0.5, 0.6) is 0 Å². The molecule has 1 unspecified atom stereocenters. The maximum Gasteiger partial charge on any atom is 0.325 e. The van der Waals surface area contributed by atoms with Gasteiger partial charge in [0.15, 0.2) is 9.84 Å². The van der Waals surface area contributed by atoms with Crippen molar-refractivity contribution < 1.29 is 22.8 Å². The molecule has 2 aromatic carbocycles. The van der Waals surface area contributed by atoms with Crippen molar-refractivity contribution in [1.82, 2.24) is 15.1 Å². The topological polar surface area (TPSA) is 104 Å². The molecule has 4 amide bonds. The fourth-order valence-electron chi connectivity index (χ4n) is 5.63. The summed E-state index contributed by atoms with van der Waals surface area (Å²) in [5, 5.41) is 2.88. The lowest BCUT2D eigenvalue weighted by Crippen LogP contribution is -2.49. The second kappa shape index (κ2) is 9.03. The average Bonchev–Trinajstić information content (AvgIpc) is 3.29.